The topological polar surface area (TPSA) is 9.23 Å². The van der Waals surface area contributed by atoms with Gasteiger partial charge in [-0.15, -0.1) is 0 Å². The molecule has 0 unspecified atom stereocenters. The Morgan fingerprint density at radius 2 is 1.80 bits per heavy atom. The predicted octanol–water partition coefficient (Wildman–Crippen LogP) is 5.13. The van der Waals surface area contributed by atoms with E-state index in [0.29, 0.717) is 5.04 Å². The molecular weight excluding hydrogens is 315 g/mol. The van der Waals surface area contributed by atoms with Crippen molar-refractivity contribution in [1.82, 2.24) is 0 Å². The molecule has 0 saturated carbocycles. The highest BCUT2D eigenvalue weighted by Gasteiger charge is 2.36. The Labute approximate surface area is 110 Å². The predicted molar refractivity (Wildman–Crippen MR) is 80.2 cm³/mol. The van der Waals surface area contributed by atoms with Gasteiger partial charge in [0.05, 0.1) is 0 Å². The van der Waals surface area contributed by atoms with E-state index in [1.807, 2.05) is 0 Å². The Morgan fingerprint density at radius 1 is 1.20 bits per heavy atom. The number of halogens is 1. The molecular formula is C12H25IOSi. The number of allylic oxidation sites excluding steroid dienone is 1. The lowest BCUT2D eigenvalue weighted by atomic mass is 10.2. The molecule has 0 aliphatic carbocycles. The molecule has 1 nitrogen and oxygen atoms in total. The minimum atomic E-state index is -1.49. The van der Waals surface area contributed by atoms with Crippen molar-refractivity contribution in [3.05, 3.63) is 10.2 Å². The summed E-state index contributed by atoms with van der Waals surface area (Å²) in [5, 5.41) is 0.342. The van der Waals surface area contributed by atoms with Crippen LogP contribution < -0.4 is 0 Å². The van der Waals surface area contributed by atoms with E-state index in [2.05, 4.69) is 66.6 Å². The van der Waals surface area contributed by atoms with Gasteiger partial charge >= 0.3 is 0 Å². The van der Waals surface area contributed by atoms with Crippen LogP contribution in [-0.4, -0.2) is 14.9 Å². The maximum atomic E-state index is 6.09. The van der Waals surface area contributed by atoms with E-state index in [1.165, 1.54) is 19.3 Å². The molecule has 3 heteroatoms. The average Bonchev–Trinajstić information content (AvgIpc) is 2.09. The van der Waals surface area contributed by atoms with Gasteiger partial charge in [-0.3, -0.25) is 0 Å². The Bertz CT molecular complexity index is 194. The summed E-state index contributed by atoms with van der Waals surface area (Å²) in [4.78, 5) is 0. The number of hydrogen-bond donors (Lipinski definition) is 0. The Kier molecular flexibility index (Phi) is 7.37. The van der Waals surface area contributed by atoms with Gasteiger partial charge in [0, 0.05) is 6.61 Å². The van der Waals surface area contributed by atoms with E-state index in [-0.39, 0.29) is 0 Å². The van der Waals surface area contributed by atoms with Crippen LogP contribution in [0.25, 0.3) is 0 Å². The van der Waals surface area contributed by atoms with Gasteiger partial charge in [-0.25, -0.2) is 0 Å². The zero-order chi connectivity index (χ0) is 11.9. The third-order valence-electron chi connectivity index (χ3n) is 3.12. The monoisotopic (exact) mass is 340 g/mol. The molecule has 0 N–H and O–H groups in total. The Morgan fingerprint density at radius 3 is 2.27 bits per heavy atom. The summed E-state index contributed by atoms with van der Waals surface area (Å²) >= 11 is 2.27. The van der Waals surface area contributed by atoms with E-state index < -0.39 is 8.32 Å². The molecule has 0 amide bonds. The lowest BCUT2D eigenvalue weighted by Crippen LogP contribution is -2.40. The molecule has 0 heterocycles. The van der Waals surface area contributed by atoms with E-state index in [1.54, 1.807) is 0 Å². The minimum Gasteiger partial charge on any atom is -0.417 e. The molecule has 0 spiro atoms. The zero-order valence-corrected chi connectivity index (χ0v) is 13.9. The maximum Gasteiger partial charge on any atom is 0.191 e. The van der Waals surface area contributed by atoms with E-state index >= 15 is 0 Å². The van der Waals surface area contributed by atoms with E-state index in [0.717, 1.165) is 6.61 Å². The van der Waals surface area contributed by atoms with Crippen LogP contribution in [-0.2, 0) is 4.43 Å². The van der Waals surface area contributed by atoms with Gasteiger partial charge in [0.1, 0.15) is 0 Å². The van der Waals surface area contributed by atoms with Crippen molar-refractivity contribution in [1.29, 1.82) is 0 Å². The first-order valence-electron chi connectivity index (χ1n) is 5.70. The van der Waals surface area contributed by atoms with Crippen molar-refractivity contribution < 1.29 is 4.43 Å². The quantitative estimate of drug-likeness (QED) is 0.370. The van der Waals surface area contributed by atoms with Gasteiger partial charge in [0.25, 0.3) is 0 Å². The Balaban J connectivity index is 3.67. The summed E-state index contributed by atoms with van der Waals surface area (Å²) in [6.45, 7) is 12.4. The van der Waals surface area contributed by atoms with E-state index in [9.17, 15) is 0 Å². The second kappa shape index (κ2) is 7.07. The van der Waals surface area contributed by atoms with Crippen molar-refractivity contribution in [2.75, 3.05) is 6.61 Å². The van der Waals surface area contributed by atoms with Crippen LogP contribution >= 0.6 is 22.6 Å². The molecule has 0 aromatic rings. The fourth-order valence-corrected chi connectivity index (χ4v) is 2.42. The molecule has 0 aromatic carbocycles. The maximum absolute atomic E-state index is 6.09. The molecule has 0 aromatic heterocycles. The first-order valence-corrected chi connectivity index (χ1v) is 9.86. The summed E-state index contributed by atoms with van der Waals surface area (Å²) in [6.07, 6.45) is 5.83. The smallest absolute Gasteiger partial charge is 0.191 e. The van der Waals surface area contributed by atoms with Crippen molar-refractivity contribution in [2.45, 2.75) is 58.2 Å². The molecule has 0 rings (SSSR count). The summed E-state index contributed by atoms with van der Waals surface area (Å²) in [5.41, 5.74) is 0. The van der Waals surface area contributed by atoms with Crippen LogP contribution in [0.3, 0.4) is 0 Å². The van der Waals surface area contributed by atoms with Crippen LogP contribution in [0.15, 0.2) is 10.2 Å². The normalized spacial score (nSPS) is 13.7. The largest absolute Gasteiger partial charge is 0.417 e. The first-order chi connectivity index (χ1) is 6.81. The fraction of sp³-hybridized carbons (Fsp3) is 0.833. The number of rotatable bonds is 6. The summed E-state index contributed by atoms with van der Waals surface area (Å²) in [5.74, 6) is 0. The molecule has 0 aliphatic heterocycles. The molecule has 0 radical (unpaired) electrons. The van der Waals surface area contributed by atoms with Gasteiger partial charge in [0.2, 0.25) is 0 Å². The van der Waals surface area contributed by atoms with Crippen molar-refractivity contribution in [2.24, 2.45) is 0 Å². The van der Waals surface area contributed by atoms with Crippen molar-refractivity contribution >= 4 is 30.9 Å². The van der Waals surface area contributed by atoms with Gasteiger partial charge in [0.15, 0.2) is 8.32 Å². The first kappa shape index (κ1) is 15.6. The number of hydrogen-bond acceptors (Lipinski definition) is 1. The van der Waals surface area contributed by atoms with Gasteiger partial charge in [-0.1, -0.05) is 49.4 Å². The standard InChI is InChI=1S/C12H25IOSi/c1-12(2,3)15(4,5)14-11-9-7-6-8-10-13/h8,10H,6-7,9,11H2,1-5H3/b10-8+. The Hall–Kier alpha value is 0.647. The van der Waals surface area contributed by atoms with E-state index in [4.69, 9.17) is 4.43 Å². The van der Waals surface area contributed by atoms with Crippen LogP contribution in [0.2, 0.25) is 18.1 Å². The van der Waals surface area contributed by atoms with Crippen LogP contribution in [0.1, 0.15) is 40.0 Å². The SMILES string of the molecule is CC(C)(C)[Si](C)(C)OCCCC/C=C/I. The minimum absolute atomic E-state index is 0.342. The average molecular weight is 340 g/mol. The van der Waals surface area contributed by atoms with Crippen molar-refractivity contribution in [3.8, 4) is 0 Å². The van der Waals surface area contributed by atoms with Crippen LogP contribution in [0.5, 0.6) is 0 Å². The van der Waals surface area contributed by atoms with Gasteiger partial charge in [-0.2, -0.15) is 0 Å². The molecule has 0 aliphatic rings. The summed E-state index contributed by atoms with van der Waals surface area (Å²) in [6, 6.07) is 0. The fourth-order valence-electron chi connectivity index (χ4n) is 0.971. The van der Waals surface area contributed by atoms with Crippen LogP contribution in [0.4, 0.5) is 0 Å². The molecule has 15 heavy (non-hydrogen) atoms. The summed E-state index contributed by atoms with van der Waals surface area (Å²) < 4.78 is 8.18. The number of unbranched alkanes of at least 4 members (excludes halogenated alkanes) is 2. The highest BCUT2D eigenvalue weighted by atomic mass is 127. The molecule has 90 valence electrons. The van der Waals surface area contributed by atoms with Gasteiger partial charge in [-0.05, 0) is 41.5 Å². The third kappa shape index (κ3) is 6.74. The van der Waals surface area contributed by atoms with Crippen molar-refractivity contribution in [3.63, 3.8) is 0 Å². The third-order valence-corrected chi connectivity index (χ3v) is 8.17. The lowest BCUT2D eigenvalue weighted by Gasteiger charge is -2.36. The highest BCUT2D eigenvalue weighted by Crippen LogP contribution is 2.36. The second-order valence-electron chi connectivity index (χ2n) is 5.47. The van der Waals surface area contributed by atoms with Crippen LogP contribution in [0, 0.1) is 0 Å². The summed E-state index contributed by atoms with van der Waals surface area (Å²) in [7, 11) is -1.49. The highest BCUT2D eigenvalue weighted by molar-refractivity contribution is 14.1. The lowest BCUT2D eigenvalue weighted by molar-refractivity contribution is 0.279. The molecule has 0 bridgehead atoms. The molecule has 0 saturated heterocycles. The molecule has 0 fully saturated rings. The second-order valence-corrected chi connectivity index (χ2v) is 11.0. The zero-order valence-electron chi connectivity index (χ0n) is 10.8. The molecule has 0 atom stereocenters. The van der Waals surface area contributed by atoms with Gasteiger partial charge < -0.3 is 4.43 Å².